The number of carbonyl (C=O) groups is 1. The van der Waals surface area contributed by atoms with Gasteiger partial charge >= 0.3 is 0 Å². The summed E-state index contributed by atoms with van der Waals surface area (Å²) in [6.45, 7) is -0.363. The van der Waals surface area contributed by atoms with Crippen LogP contribution in [0.4, 0.5) is 0 Å². The average Bonchev–Trinajstić information content (AvgIpc) is 2.53. The fourth-order valence-corrected chi connectivity index (χ4v) is 1.63. The number of aliphatic hydroxyl groups is 2. The van der Waals surface area contributed by atoms with Crippen molar-refractivity contribution < 1.29 is 29.2 Å². The van der Waals surface area contributed by atoms with Crippen molar-refractivity contribution in [2.75, 3.05) is 34.0 Å². The van der Waals surface area contributed by atoms with Crippen molar-refractivity contribution in [3.05, 3.63) is 29.3 Å². The van der Waals surface area contributed by atoms with Crippen molar-refractivity contribution in [2.24, 2.45) is 0 Å². The fraction of sp³-hybridized carbons (Fsp3) is 0.400. The second-order valence-electron chi connectivity index (χ2n) is 4.30. The summed E-state index contributed by atoms with van der Waals surface area (Å²) in [7, 11) is 3.08. The third-order valence-corrected chi connectivity index (χ3v) is 2.70. The highest BCUT2D eigenvalue weighted by atomic mass is 16.5. The Morgan fingerprint density at radius 3 is 2.57 bits per heavy atom. The summed E-state index contributed by atoms with van der Waals surface area (Å²) < 4.78 is 15.5. The molecular formula is C15H20O6. The molecule has 6 nitrogen and oxygen atoms in total. The molecule has 0 radical (unpaired) electrons. The first kappa shape index (κ1) is 17.2. The van der Waals surface area contributed by atoms with Gasteiger partial charge in [0.25, 0.3) is 0 Å². The van der Waals surface area contributed by atoms with Crippen molar-refractivity contribution in [1.82, 2.24) is 0 Å². The minimum absolute atomic E-state index is 0.0341. The Morgan fingerprint density at radius 2 is 2.00 bits per heavy atom. The molecule has 0 aliphatic rings. The zero-order valence-electron chi connectivity index (χ0n) is 12.1. The Bertz CT molecular complexity index is 483. The Morgan fingerprint density at radius 1 is 1.29 bits per heavy atom. The van der Waals surface area contributed by atoms with E-state index in [2.05, 4.69) is 0 Å². The Kier molecular flexibility index (Phi) is 7.45. The number of hydrogen-bond acceptors (Lipinski definition) is 6. The predicted molar refractivity (Wildman–Crippen MR) is 77.5 cm³/mol. The number of hydrogen-bond donors (Lipinski definition) is 2. The van der Waals surface area contributed by atoms with E-state index >= 15 is 0 Å². The van der Waals surface area contributed by atoms with Crippen LogP contribution in [0.5, 0.6) is 11.5 Å². The van der Waals surface area contributed by atoms with Crippen molar-refractivity contribution in [2.45, 2.75) is 6.10 Å². The topological polar surface area (TPSA) is 85.2 Å². The van der Waals surface area contributed by atoms with Gasteiger partial charge in [-0.3, -0.25) is 4.79 Å². The molecule has 116 valence electrons. The Labute approximate surface area is 123 Å². The fourth-order valence-electron chi connectivity index (χ4n) is 1.63. The molecule has 1 aromatic carbocycles. The van der Waals surface area contributed by atoms with Crippen molar-refractivity contribution in [1.29, 1.82) is 0 Å². The van der Waals surface area contributed by atoms with Crippen LogP contribution in [0.1, 0.15) is 5.56 Å². The Hall–Kier alpha value is -1.89. The summed E-state index contributed by atoms with van der Waals surface area (Å²) in [5, 5.41) is 17.8. The molecule has 0 saturated heterocycles. The van der Waals surface area contributed by atoms with E-state index in [0.717, 1.165) is 5.56 Å². The van der Waals surface area contributed by atoms with E-state index in [9.17, 15) is 4.79 Å². The zero-order chi connectivity index (χ0) is 15.7. The van der Waals surface area contributed by atoms with Crippen LogP contribution in [0, 0.1) is 0 Å². The van der Waals surface area contributed by atoms with Gasteiger partial charge in [-0.1, -0.05) is 6.07 Å². The number of rotatable bonds is 9. The highest BCUT2D eigenvalue weighted by molar-refractivity contribution is 5.82. The van der Waals surface area contributed by atoms with Crippen LogP contribution in [0.3, 0.4) is 0 Å². The normalized spacial score (nSPS) is 12.9. The van der Waals surface area contributed by atoms with Gasteiger partial charge in [-0.25, -0.2) is 0 Å². The average molecular weight is 296 g/mol. The summed E-state index contributed by atoms with van der Waals surface area (Å²) in [5.41, 5.74) is 1.17. The lowest BCUT2D eigenvalue weighted by Gasteiger charge is -2.09. The van der Waals surface area contributed by atoms with E-state index in [1.165, 1.54) is 7.11 Å². The molecule has 6 heteroatoms. The standard InChI is InChI=1S/C15H20O6/c1-19-14-4-3-11(6-15(14)20-2)5-12(7-16)9-21-10-13(18)8-17/h3-7,13,17-18H,8-10H2,1-2H3. The lowest BCUT2D eigenvalue weighted by molar-refractivity contribution is -0.105. The highest BCUT2D eigenvalue weighted by Gasteiger charge is 2.06. The molecule has 1 aromatic rings. The van der Waals surface area contributed by atoms with Crippen LogP contribution in [0.2, 0.25) is 0 Å². The predicted octanol–water partition coefficient (Wildman–Crippen LogP) is 0.656. The van der Waals surface area contributed by atoms with Gasteiger partial charge in [-0.15, -0.1) is 0 Å². The van der Waals surface area contributed by atoms with E-state index in [4.69, 9.17) is 24.4 Å². The molecule has 0 aliphatic carbocycles. The van der Waals surface area contributed by atoms with Gasteiger partial charge < -0.3 is 24.4 Å². The molecule has 0 aromatic heterocycles. The van der Waals surface area contributed by atoms with Crippen LogP contribution in [0.25, 0.3) is 6.08 Å². The SMILES string of the molecule is COc1ccc(C=C(C=O)COCC(O)CO)cc1OC. The maximum atomic E-state index is 11.0. The third kappa shape index (κ3) is 5.55. The van der Waals surface area contributed by atoms with Crippen LogP contribution >= 0.6 is 0 Å². The number of carbonyl (C=O) groups excluding carboxylic acids is 1. The number of aliphatic hydroxyl groups excluding tert-OH is 2. The molecule has 0 spiro atoms. The summed E-state index contributed by atoms with van der Waals surface area (Å²) in [4.78, 5) is 11.0. The van der Waals surface area contributed by atoms with Crippen LogP contribution < -0.4 is 9.47 Å². The van der Waals surface area contributed by atoms with Gasteiger partial charge in [-0.05, 0) is 23.8 Å². The number of aldehydes is 1. The lowest BCUT2D eigenvalue weighted by atomic mass is 10.1. The molecular weight excluding hydrogens is 276 g/mol. The first-order valence-electron chi connectivity index (χ1n) is 6.39. The van der Waals surface area contributed by atoms with Gasteiger partial charge in [-0.2, -0.15) is 0 Å². The molecule has 1 rings (SSSR count). The zero-order valence-corrected chi connectivity index (χ0v) is 12.1. The lowest BCUT2D eigenvalue weighted by Crippen LogP contribution is -2.20. The molecule has 0 bridgehead atoms. The first-order valence-corrected chi connectivity index (χ1v) is 6.39. The van der Waals surface area contributed by atoms with Crippen LogP contribution in [-0.2, 0) is 9.53 Å². The molecule has 0 saturated carbocycles. The second-order valence-corrected chi connectivity index (χ2v) is 4.30. The van der Waals surface area contributed by atoms with Gasteiger partial charge in [0, 0.05) is 5.57 Å². The van der Waals surface area contributed by atoms with Crippen molar-refractivity contribution in [3.8, 4) is 11.5 Å². The largest absolute Gasteiger partial charge is 0.493 e. The summed E-state index contributed by atoms with van der Waals surface area (Å²) >= 11 is 0. The molecule has 0 heterocycles. The van der Waals surface area contributed by atoms with E-state index in [1.54, 1.807) is 31.4 Å². The van der Waals surface area contributed by atoms with Crippen LogP contribution in [0.15, 0.2) is 23.8 Å². The number of benzene rings is 1. The summed E-state index contributed by atoms with van der Waals surface area (Å²) in [5.74, 6) is 1.16. The molecule has 0 fully saturated rings. The summed E-state index contributed by atoms with van der Waals surface area (Å²) in [6.07, 6.45) is 1.39. The highest BCUT2D eigenvalue weighted by Crippen LogP contribution is 2.28. The number of methoxy groups -OCH3 is 2. The van der Waals surface area contributed by atoms with Gasteiger partial charge in [0.1, 0.15) is 12.4 Å². The maximum Gasteiger partial charge on any atom is 0.161 e. The molecule has 0 amide bonds. The monoisotopic (exact) mass is 296 g/mol. The first-order chi connectivity index (χ1) is 10.1. The third-order valence-electron chi connectivity index (χ3n) is 2.70. The van der Waals surface area contributed by atoms with E-state index in [0.29, 0.717) is 23.4 Å². The van der Waals surface area contributed by atoms with Crippen LogP contribution in [-0.4, -0.2) is 56.6 Å². The molecule has 21 heavy (non-hydrogen) atoms. The second kappa shape index (κ2) is 9.12. The number of ether oxygens (including phenoxy) is 3. The van der Waals surface area contributed by atoms with E-state index in [1.807, 2.05) is 0 Å². The molecule has 1 atom stereocenters. The summed E-state index contributed by atoms with van der Waals surface area (Å²) in [6, 6.07) is 5.27. The minimum Gasteiger partial charge on any atom is -0.493 e. The van der Waals surface area contributed by atoms with Gasteiger partial charge in [0.15, 0.2) is 11.5 Å². The van der Waals surface area contributed by atoms with Crippen molar-refractivity contribution >= 4 is 12.4 Å². The Balaban J connectivity index is 2.76. The maximum absolute atomic E-state index is 11.0. The smallest absolute Gasteiger partial charge is 0.161 e. The van der Waals surface area contributed by atoms with Gasteiger partial charge in [0.05, 0.1) is 34.0 Å². The van der Waals surface area contributed by atoms with Crippen molar-refractivity contribution in [3.63, 3.8) is 0 Å². The van der Waals surface area contributed by atoms with E-state index in [-0.39, 0.29) is 19.8 Å². The molecule has 0 aliphatic heterocycles. The minimum atomic E-state index is -0.945. The van der Waals surface area contributed by atoms with E-state index < -0.39 is 6.10 Å². The quantitative estimate of drug-likeness (QED) is 0.514. The molecule has 2 N–H and O–H groups in total. The van der Waals surface area contributed by atoms with Gasteiger partial charge in [0.2, 0.25) is 0 Å². The molecule has 1 unspecified atom stereocenters.